The zero-order chi connectivity index (χ0) is 16.3. The lowest BCUT2D eigenvalue weighted by atomic mass is 9.40. The fourth-order valence-corrected chi connectivity index (χ4v) is 7.38. The van der Waals surface area contributed by atoms with Crippen LogP contribution >= 0.6 is 12.2 Å². The van der Waals surface area contributed by atoms with Crippen molar-refractivity contribution in [2.24, 2.45) is 22.2 Å². The Morgan fingerprint density at radius 3 is 2.17 bits per heavy atom. The van der Waals surface area contributed by atoms with Gasteiger partial charge in [0.05, 0.1) is 5.41 Å². The second-order valence-corrected chi connectivity index (χ2v) is 10.1. The van der Waals surface area contributed by atoms with Gasteiger partial charge >= 0.3 is 0 Å². The monoisotopic (exact) mass is 334 g/mol. The molecule has 4 saturated carbocycles. The Balaban J connectivity index is 1.50. The molecule has 1 aliphatic heterocycles. The molecular formula is C19H30N2OS. The number of piperidine rings is 1. The van der Waals surface area contributed by atoms with Crippen molar-refractivity contribution in [3.8, 4) is 0 Å². The minimum absolute atomic E-state index is 0.150. The predicted molar refractivity (Wildman–Crippen MR) is 96.0 cm³/mol. The highest BCUT2D eigenvalue weighted by molar-refractivity contribution is 7.80. The Hall–Kier alpha value is -0.640. The Labute approximate surface area is 145 Å². The smallest absolute Gasteiger partial charge is 0.232 e. The van der Waals surface area contributed by atoms with Crippen LogP contribution in [-0.2, 0) is 4.79 Å². The molecule has 1 heterocycles. The van der Waals surface area contributed by atoms with Gasteiger partial charge in [0.1, 0.15) is 0 Å². The maximum Gasteiger partial charge on any atom is 0.232 e. The molecule has 0 spiro atoms. The minimum Gasteiger partial charge on any atom is -0.349 e. The molecule has 5 rings (SSSR count). The number of nitrogens with zero attached hydrogens (tertiary/aromatic N) is 1. The molecule has 0 aromatic heterocycles. The molecule has 1 saturated heterocycles. The normalized spacial score (nSPS) is 45.1. The van der Waals surface area contributed by atoms with Crippen molar-refractivity contribution in [2.45, 2.75) is 71.6 Å². The molecule has 2 atom stereocenters. The van der Waals surface area contributed by atoms with Crippen LogP contribution in [0.1, 0.15) is 71.6 Å². The van der Waals surface area contributed by atoms with Gasteiger partial charge in [-0.1, -0.05) is 13.8 Å². The van der Waals surface area contributed by atoms with Crippen LogP contribution in [0.5, 0.6) is 0 Å². The molecule has 0 unspecified atom stereocenters. The number of carbonyl (C=O) groups excluding carboxylic acids is 1. The van der Waals surface area contributed by atoms with Crippen molar-refractivity contribution in [3.63, 3.8) is 0 Å². The van der Waals surface area contributed by atoms with Crippen molar-refractivity contribution in [1.29, 1.82) is 0 Å². The third kappa shape index (κ3) is 2.71. The van der Waals surface area contributed by atoms with Crippen LogP contribution in [0.25, 0.3) is 0 Å². The highest BCUT2D eigenvalue weighted by Crippen LogP contribution is 2.69. The van der Waals surface area contributed by atoms with E-state index in [1.54, 1.807) is 0 Å². The van der Waals surface area contributed by atoms with Gasteiger partial charge in [-0.2, -0.15) is 0 Å². The third-order valence-electron chi connectivity index (χ3n) is 6.97. The number of likely N-dealkylation sites (tertiary alicyclic amines) is 1. The summed E-state index contributed by atoms with van der Waals surface area (Å²) in [7, 11) is 0. The topological polar surface area (TPSA) is 32.3 Å². The van der Waals surface area contributed by atoms with Gasteiger partial charge < -0.3 is 10.2 Å². The zero-order valence-electron chi connectivity index (χ0n) is 14.6. The van der Waals surface area contributed by atoms with Gasteiger partial charge in [0.15, 0.2) is 5.11 Å². The van der Waals surface area contributed by atoms with E-state index >= 15 is 0 Å². The van der Waals surface area contributed by atoms with Crippen LogP contribution in [0.4, 0.5) is 0 Å². The minimum atomic E-state index is -0.150. The summed E-state index contributed by atoms with van der Waals surface area (Å²) in [6.45, 7) is 6.84. The molecule has 4 heteroatoms. The Bertz CT molecular complexity index is 521. The molecule has 5 fully saturated rings. The highest BCUT2D eigenvalue weighted by Gasteiger charge is 2.62. The first-order valence-electron chi connectivity index (χ1n) is 9.42. The van der Waals surface area contributed by atoms with Crippen molar-refractivity contribution in [3.05, 3.63) is 0 Å². The summed E-state index contributed by atoms with van der Waals surface area (Å²) in [6, 6.07) is 0. The summed E-state index contributed by atoms with van der Waals surface area (Å²) in [5.41, 5.74) is 0.596. The van der Waals surface area contributed by atoms with Crippen molar-refractivity contribution >= 4 is 23.2 Å². The average molecular weight is 335 g/mol. The SMILES string of the molecule is C[C@@]12CC3CC(C(=O)NC(=S)N4CCCCC4)(C1)C[C@@](C)(C3)C2. The fraction of sp³-hybridized carbons (Fsp3) is 0.895. The summed E-state index contributed by atoms with van der Waals surface area (Å²) in [5.74, 6) is 0.977. The molecule has 23 heavy (non-hydrogen) atoms. The van der Waals surface area contributed by atoms with Crippen LogP contribution < -0.4 is 5.32 Å². The van der Waals surface area contributed by atoms with Gasteiger partial charge in [0.25, 0.3) is 0 Å². The number of nitrogens with one attached hydrogen (secondary N) is 1. The fourth-order valence-electron chi connectivity index (χ4n) is 7.11. The quantitative estimate of drug-likeness (QED) is 0.739. The summed E-state index contributed by atoms with van der Waals surface area (Å²) in [4.78, 5) is 15.4. The maximum atomic E-state index is 13.2. The molecule has 3 nitrogen and oxygen atoms in total. The van der Waals surface area contributed by atoms with Gasteiger partial charge in [-0.25, -0.2) is 0 Å². The molecule has 1 amide bonds. The number of thiocarbonyl (C=S) groups is 1. The van der Waals surface area contributed by atoms with Crippen LogP contribution in [-0.4, -0.2) is 29.0 Å². The van der Waals surface area contributed by atoms with E-state index in [-0.39, 0.29) is 11.3 Å². The molecule has 0 aromatic rings. The van der Waals surface area contributed by atoms with E-state index in [1.807, 2.05) is 0 Å². The second kappa shape index (κ2) is 5.18. The zero-order valence-corrected chi connectivity index (χ0v) is 15.4. The molecule has 128 valence electrons. The molecule has 0 radical (unpaired) electrons. The molecular weight excluding hydrogens is 304 g/mol. The van der Waals surface area contributed by atoms with E-state index in [0.717, 1.165) is 38.3 Å². The van der Waals surface area contributed by atoms with Gasteiger partial charge in [-0.15, -0.1) is 0 Å². The molecule has 5 aliphatic rings. The van der Waals surface area contributed by atoms with Gasteiger partial charge in [-0.05, 0) is 86.8 Å². The molecule has 4 bridgehead atoms. The second-order valence-electron chi connectivity index (χ2n) is 9.72. The first kappa shape index (κ1) is 15.9. The van der Waals surface area contributed by atoms with Crippen LogP contribution in [0, 0.1) is 22.2 Å². The summed E-state index contributed by atoms with van der Waals surface area (Å²) in [6.07, 6.45) is 10.9. The van der Waals surface area contributed by atoms with E-state index in [2.05, 4.69) is 24.1 Å². The Morgan fingerprint density at radius 2 is 1.61 bits per heavy atom. The van der Waals surface area contributed by atoms with Gasteiger partial charge in [-0.3, -0.25) is 4.79 Å². The number of amides is 1. The van der Waals surface area contributed by atoms with E-state index in [1.165, 1.54) is 38.5 Å². The molecule has 0 aromatic carbocycles. The molecule has 1 N–H and O–H groups in total. The first-order chi connectivity index (χ1) is 10.8. The average Bonchev–Trinajstić information content (AvgIpc) is 2.44. The van der Waals surface area contributed by atoms with Crippen molar-refractivity contribution in [2.75, 3.05) is 13.1 Å². The Morgan fingerprint density at radius 1 is 1.00 bits per heavy atom. The van der Waals surface area contributed by atoms with Crippen molar-refractivity contribution < 1.29 is 4.79 Å². The van der Waals surface area contributed by atoms with E-state index in [9.17, 15) is 4.79 Å². The first-order valence-corrected chi connectivity index (χ1v) is 9.83. The summed E-state index contributed by atoms with van der Waals surface area (Å²) in [5, 5.41) is 3.84. The van der Waals surface area contributed by atoms with Gasteiger partial charge in [0, 0.05) is 13.1 Å². The number of hydrogen-bond acceptors (Lipinski definition) is 2. The highest BCUT2D eigenvalue weighted by atomic mass is 32.1. The summed E-state index contributed by atoms with van der Waals surface area (Å²) >= 11 is 5.55. The lowest BCUT2D eigenvalue weighted by Gasteiger charge is -2.64. The van der Waals surface area contributed by atoms with Crippen molar-refractivity contribution in [1.82, 2.24) is 10.2 Å². The lowest BCUT2D eigenvalue weighted by molar-refractivity contribution is -0.168. The number of carbonyl (C=O) groups is 1. The van der Waals surface area contributed by atoms with E-state index in [0.29, 0.717) is 15.9 Å². The number of rotatable bonds is 1. The lowest BCUT2D eigenvalue weighted by Crippen LogP contribution is -2.61. The van der Waals surface area contributed by atoms with E-state index < -0.39 is 0 Å². The number of hydrogen-bond donors (Lipinski definition) is 1. The van der Waals surface area contributed by atoms with Crippen LogP contribution in [0.15, 0.2) is 0 Å². The summed E-state index contributed by atoms with van der Waals surface area (Å²) < 4.78 is 0. The maximum absolute atomic E-state index is 13.2. The Kier molecular flexibility index (Phi) is 3.57. The van der Waals surface area contributed by atoms with Gasteiger partial charge in [0.2, 0.25) is 5.91 Å². The van der Waals surface area contributed by atoms with Crippen LogP contribution in [0.2, 0.25) is 0 Å². The standard InChI is InChI=1S/C19H30N2OS/c1-17-8-14-9-18(2,11-17)13-19(10-14,12-17)15(22)20-16(23)21-6-4-3-5-7-21/h14H,3-13H2,1-2H3,(H,20,22,23)/t14?,17-,18-,19?/m0/s1. The molecule has 4 aliphatic carbocycles. The predicted octanol–water partition coefficient (Wildman–Crippen LogP) is 3.87. The van der Waals surface area contributed by atoms with E-state index in [4.69, 9.17) is 12.2 Å². The van der Waals surface area contributed by atoms with Crippen LogP contribution in [0.3, 0.4) is 0 Å². The third-order valence-corrected chi connectivity index (χ3v) is 7.33. The largest absolute Gasteiger partial charge is 0.349 e.